The van der Waals surface area contributed by atoms with E-state index in [0.29, 0.717) is 0 Å². The molecule has 0 saturated carbocycles. The fourth-order valence-corrected chi connectivity index (χ4v) is 1.61. The summed E-state index contributed by atoms with van der Waals surface area (Å²) in [6.45, 7) is 7.84. The molecule has 0 atom stereocenters. The summed E-state index contributed by atoms with van der Waals surface area (Å²) in [7, 11) is 0. The van der Waals surface area contributed by atoms with Crippen LogP contribution < -0.4 is 5.32 Å². The van der Waals surface area contributed by atoms with Gasteiger partial charge in [-0.1, -0.05) is 33.8 Å². The highest BCUT2D eigenvalue weighted by atomic mass is 19.3. The summed E-state index contributed by atoms with van der Waals surface area (Å²) in [5, 5.41) is 2.16. The molecular weight excluding hydrogens is 224 g/mol. The third-order valence-corrected chi connectivity index (χ3v) is 2.58. The summed E-state index contributed by atoms with van der Waals surface area (Å²) < 4.78 is 26.7. The van der Waals surface area contributed by atoms with Gasteiger partial charge in [-0.15, -0.1) is 0 Å². The number of hydrogen-bond donors (Lipinski definition) is 1. The first-order valence-corrected chi connectivity index (χ1v) is 5.76. The van der Waals surface area contributed by atoms with Crippen LogP contribution >= 0.6 is 0 Å². The van der Waals surface area contributed by atoms with Crippen molar-refractivity contribution < 1.29 is 13.6 Å². The predicted octanol–water partition coefficient (Wildman–Crippen LogP) is 3.88. The van der Waals surface area contributed by atoms with E-state index in [9.17, 15) is 13.6 Å². The van der Waals surface area contributed by atoms with E-state index in [1.807, 2.05) is 27.7 Å². The van der Waals surface area contributed by atoms with Crippen molar-refractivity contribution in [2.75, 3.05) is 5.32 Å². The second-order valence-electron chi connectivity index (χ2n) is 3.99. The van der Waals surface area contributed by atoms with E-state index in [1.54, 1.807) is 6.07 Å². The minimum atomic E-state index is -3.39. The number of fused-ring (bicyclic) bond motifs is 1. The van der Waals surface area contributed by atoms with Crippen LogP contribution in [0.4, 0.5) is 14.5 Å². The second kappa shape index (κ2) is 4.82. The standard InChI is InChI=1S/C11H11F2NO.C2H6/c1-6(2)7-3-4-9-8(5-7)11(12,13)10(15)14-9;1-2/h3-6H,1-2H3,(H,14,15);1-2H3. The number of anilines is 1. The Labute approximate surface area is 100 Å². The van der Waals surface area contributed by atoms with Gasteiger partial charge in [-0.05, 0) is 23.6 Å². The Morgan fingerprint density at radius 2 is 1.82 bits per heavy atom. The molecule has 0 bridgehead atoms. The molecule has 1 aromatic carbocycles. The lowest BCUT2D eigenvalue weighted by Crippen LogP contribution is -2.23. The number of hydrogen-bond acceptors (Lipinski definition) is 1. The van der Waals surface area contributed by atoms with Gasteiger partial charge < -0.3 is 5.32 Å². The van der Waals surface area contributed by atoms with Gasteiger partial charge in [-0.3, -0.25) is 4.79 Å². The summed E-state index contributed by atoms with van der Waals surface area (Å²) in [5.41, 5.74) is 0.818. The first-order valence-electron chi connectivity index (χ1n) is 5.76. The average Bonchev–Trinajstić information content (AvgIpc) is 2.52. The molecule has 1 heterocycles. The Morgan fingerprint density at radius 1 is 1.24 bits per heavy atom. The van der Waals surface area contributed by atoms with Crippen molar-refractivity contribution in [1.82, 2.24) is 0 Å². The molecule has 0 aliphatic carbocycles. The normalized spacial score (nSPS) is 16.1. The minimum absolute atomic E-state index is 0.168. The van der Waals surface area contributed by atoms with Crippen LogP contribution in [-0.2, 0) is 10.7 Å². The van der Waals surface area contributed by atoms with Crippen molar-refractivity contribution in [3.8, 4) is 0 Å². The van der Waals surface area contributed by atoms with E-state index in [0.717, 1.165) is 5.56 Å². The largest absolute Gasteiger partial charge is 0.352 e. The number of halogens is 2. The summed E-state index contributed by atoms with van der Waals surface area (Å²) in [4.78, 5) is 11.0. The number of carbonyl (C=O) groups excluding carboxylic acids is 1. The Morgan fingerprint density at radius 3 is 2.35 bits per heavy atom. The van der Waals surface area contributed by atoms with E-state index in [-0.39, 0.29) is 17.2 Å². The van der Waals surface area contributed by atoms with Crippen LogP contribution in [-0.4, -0.2) is 5.91 Å². The van der Waals surface area contributed by atoms with Crippen molar-refractivity contribution in [3.05, 3.63) is 29.3 Å². The Kier molecular flexibility index (Phi) is 3.86. The third-order valence-electron chi connectivity index (χ3n) is 2.58. The molecule has 1 amide bonds. The maximum Gasteiger partial charge on any atom is 0.352 e. The molecule has 1 aromatic rings. The highest BCUT2D eigenvalue weighted by molar-refractivity contribution is 6.03. The van der Waals surface area contributed by atoms with Gasteiger partial charge in [-0.2, -0.15) is 8.78 Å². The van der Waals surface area contributed by atoms with E-state index in [1.165, 1.54) is 12.1 Å². The maximum atomic E-state index is 13.4. The average molecular weight is 241 g/mol. The number of carbonyl (C=O) groups is 1. The van der Waals surface area contributed by atoms with Crippen LogP contribution in [0.2, 0.25) is 0 Å². The quantitative estimate of drug-likeness (QED) is 0.794. The molecule has 4 heteroatoms. The highest BCUT2D eigenvalue weighted by Gasteiger charge is 2.48. The SMILES string of the molecule is CC.CC(C)c1ccc2c(c1)C(F)(F)C(=O)N2. The molecule has 1 aliphatic heterocycles. The molecule has 2 rings (SSSR count). The molecule has 0 saturated heterocycles. The first kappa shape index (κ1) is 13.6. The van der Waals surface area contributed by atoms with Crippen molar-refractivity contribution in [2.24, 2.45) is 0 Å². The van der Waals surface area contributed by atoms with Crippen molar-refractivity contribution >= 4 is 11.6 Å². The Hall–Kier alpha value is -1.45. The van der Waals surface area contributed by atoms with Crippen LogP contribution in [0.1, 0.15) is 44.7 Å². The van der Waals surface area contributed by atoms with E-state index >= 15 is 0 Å². The minimum Gasteiger partial charge on any atom is -0.320 e. The number of benzene rings is 1. The van der Waals surface area contributed by atoms with Crippen LogP contribution in [0.25, 0.3) is 0 Å². The van der Waals surface area contributed by atoms with Gasteiger partial charge in [0.1, 0.15) is 0 Å². The fourth-order valence-electron chi connectivity index (χ4n) is 1.61. The van der Waals surface area contributed by atoms with Gasteiger partial charge in [-0.25, -0.2) is 0 Å². The Bertz CT molecular complexity index is 427. The van der Waals surface area contributed by atoms with Gasteiger partial charge in [0.2, 0.25) is 0 Å². The smallest absolute Gasteiger partial charge is 0.320 e. The molecule has 1 aliphatic rings. The molecule has 94 valence electrons. The molecule has 0 fully saturated rings. The van der Waals surface area contributed by atoms with Gasteiger partial charge in [0.15, 0.2) is 0 Å². The molecule has 0 spiro atoms. The molecule has 0 unspecified atom stereocenters. The fraction of sp³-hybridized carbons (Fsp3) is 0.462. The molecule has 1 N–H and O–H groups in total. The maximum absolute atomic E-state index is 13.4. The van der Waals surface area contributed by atoms with Gasteiger partial charge in [0.25, 0.3) is 5.91 Å². The lowest BCUT2D eigenvalue weighted by molar-refractivity contribution is -0.139. The summed E-state index contributed by atoms with van der Waals surface area (Å²) in [6, 6.07) is 4.69. The lowest BCUT2D eigenvalue weighted by atomic mass is 9.98. The topological polar surface area (TPSA) is 29.1 Å². The lowest BCUT2D eigenvalue weighted by Gasteiger charge is -2.10. The van der Waals surface area contributed by atoms with Gasteiger partial charge >= 0.3 is 5.92 Å². The van der Waals surface area contributed by atoms with Crippen LogP contribution in [0, 0.1) is 0 Å². The molecule has 2 nitrogen and oxygen atoms in total. The summed E-state index contributed by atoms with van der Waals surface area (Å²) in [5.74, 6) is -4.46. The number of amides is 1. The number of alkyl halides is 2. The molecule has 0 radical (unpaired) electrons. The first-order chi connectivity index (χ1) is 7.93. The molecule has 17 heavy (non-hydrogen) atoms. The highest BCUT2D eigenvalue weighted by Crippen LogP contribution is 2.41. The van der Waals surface area contributed by atoms with Gasteiger partial charge in [0, 0.05) is 0 Å². The zero-order valence-corrected chi connectivity index (χ0v) is 10.5. The van der Waals surface area contributed by atoms with Crippen molar-refractivity contribution in [3.63, 3.8) is 0 Å². The molecular formula is C13H17F2NO. The van der Waals surface area contributed by atoms with Crippen molar-refractivity contribution in [1.29, 1.82) is 0 Å². The van der Waals surface area contributed by atoms with Crippen LogP contribution in [0.15, 0.2) is 18.2 Å². The zero-order chi connectivity index (χ0) is 13.2. The van der Waals surface area contributed by atoms with E-state index < -0.39 is 11.8 Å². The third kappa shape index (κ3) is 2.30. The van der Waals surface area contributed by atoms with Gasteiger partial charge in [0.05, 0.1) is 11.3 Å². The van der Waals surface area contributed by atoms with E-state index in [4.69, 9.17) is 0 Å². The second-order valence-corrected chi connectivity index (χ2v) is 3.99. The summed E-state index contributed by atoms with van der Waals surface area (Å²) >= 11 is 0. The predicted molar refractivity (Wildman–Crippen MR) is 64.4 cm³/mol. The monoisotopic (exact) mass is 241 g/mol. The van der Waals surface area contributed by atoms with E-state index in [2.05, 4.69) is 5.32 Å². The number of nitrogens with one attached hydrogen (secondary N) is 1. The van der Waals surface area contributed by atoms with Crippen molar-refractivity contribution in [2.45, 2.75) is 39.5 Å². The molecule has 0 aromatic heterocycles. The zero-order valence-electron chi connectivity index (χ0n) is 10.5. The Balaban J connectivity index is 0.000000686. The van der Waals surface area contributed by atoms with Crippen LogP contribution in [0.5, 0.6) is 0 Å². The number of rotatable bonds is 1. The summed E-state index contributed by atoms with van der Waals surface area (Å²) in [6.07, 6.45) is 0. The van der Waals surface area contributed by atoms with Crippen LogP contribution in [0.3, 0.4) is 0 Å².